The lowest BCUT2D eigenvalue weighted by Crippen LogP contribution is -2.30. The minimum absolute atomic E-state index is 0.00602. The number of benzene rings is 1. The van der Waals surface area contributed by atoms with Crippen LogP contribution in [0.5, 0.6) is 0 Å². The number of thioether (sulfide) groups is 1. The molecule has 5 nitrogen and oxygen atoms in total. The smallest absolute Gasteiger partial charge is 0.262 e. The molecule has 2 aromatic rings. The zero-order chi connectivity index (χ0) is 17.6. The molecule has 1 heterocycles. The molecule has 1 fully saturated rings. The summed E-state index contributed by atoms with van der Waals surface area (Å²) in [6, 6.07) is 7.60. The summed E-state index contributed by atoms with van der Waals surface area (Å²) in [4.78, 5) is 29.7. The highest BCUT2D eigenvalue weighted by Crippen LogP contribution is 2.30. The zero-order valence-corrected chi connectivity index (χ0v) is 15.1. The van der Waals surface area contributed by atoms with Gasteiger partial charge in [-0.1, -0.05) is 49.2 Å². The van der Waals surface area contributed by atoms with Crippen molar-refractivity contribution in [1.82, 2.24) is 14.9 Å². The minimum atomic E-state index is -0.0810. The van der Waals surface area contributed by atoms with Crippen molar-refractivity contribution >= 4 is 28.6 Å². The van der Waals surface area contributed by atoms with E-state index in [0.717, 1.165) is 25.7 Å². The average Bonchev–Trinajstić information content (AvgIpc) is 2.65. The summed E-state index contributed by atoms with van der Waals surface area (Å²) in [5.74, 6) is 0.160. The van der Waals surface area contributed by atoms with Gasteiger partial charge in [0.2, 0.25) is 5.91 Å². The molecule has 0 unspecified atom stereocenters. The van der Waals surface area contributed by atoms with Gasteiger partial charge in [-0.2, -0.15) is 0 Å². The Bertz CT molecular complexity index is 825. The molecule has 3 rings (SSSR count). The maximum atomic E-state index is 13.1. The number of amides is 1. The summed E-state index contributed by atoms with van der Waals surface area (Å²) in [6.45, 7) is 4.04. The molecule has 132 valence electrons. The number of rotatable bonds is 6. The predicted octanol–water partition coefficient (Wildman–Crippen LogP) is 3.30. The molecule has 1 aliphatic carbocycles. The van der Waals surface area contributed by atoms with Crippen LogP contribution in [0.3, 0.4) is 0 Å². The molecule has 1 aromatic heterocycles. The van der Waals surface area contributed by atoms with Crippen LogP contribution in [0.2, 0.25) is 0 Å². The van der Waals surface area contributed by atoms with Gasteiger partial charge >= 0.3 is 0 Å². The highest BCUT2D eigenvalue weighted by atomic mass is 32.2. The first-order valence-corrected chi connectivity index (χ1v) is 9.71. The summed E-state index contributed by atoms with van der Waals surface area (Å²) in [5.41, 5.74) is 0.694. The molecule has 0 saturated heterocycles. The van der Waals surface area contributed by atoms with Gasteiger partial charge < -0.3 is 5.32 Å². The van der Waals surface area contributed by atoms with Crippen LogP contribution < -0.4 is 10.9 Å². The second-order valence-electron chi connectivity index (χ2n) is 6.26. The number of hydrogen-bond donors (Lipinski definition) is 1. The van der Waals surface area contributed by atoms with Gasteiger partial charge in [0.15, 0.2) is 5.16 Å². The van der Waals surface area contributed by atoms with Crippen molar-refractivity contribution in [2.24, 2.45) is 0 Å². The van der Waals surface area contributed by atoms with Crippen molar-refractivity contribution in [3.05, 3.63) is 47.3 Å². The molecule has 1 amide bonds. The number of carbonyl (C=O) groups excluding carboxylic acids is 1. The molecule has 0 radical (unpaired) electrons. The van der Waals surface area contributed by atoms with E-state index in [2.05, 4.69) is 16.9 Å². The van der Waals surface area contributed by atoms with Crippen molar-refractivity contribution < 1.29 is 4.79 Å². The molecule has 0 aliphatic heterocycles. The Morgan fingerprint density at radius 3 is 2.84 bits per heavy atom. The van der Waals surface area contributed by atoms with E-state index in [1.807, 2.05) is 28.8 Å². The van der Waals surface area contributed by atoms with E-state index in [1.165, 1.54) is 18.2 Å². The lowest BCUT2D eigenvalue weighted by atomic mass is 9.95. The Labute approximate surface area is 151 Å². The van der Waals surface area contributed by atoms with Crippen molar-refractivity contribution in [2.75, 3.05) is 12.3 Å². The van der Waals surface area contributed by atoms with Crippen LogP contribution >= 0.6 is 11.8 Å². The Kier molecular flexibility index (Phi) is 5.91. The quantitative estimate of drug-likeness (QED) is 0.489. The first-order chi connectivity index (χ1) is 12.2. The fraction of sp³-hybridized carbons (Fsp3) is 0.421. The maximum Gasteiger partial charge on any atom is 0.262 e. The SMILES string of the molecule is C=CCNC(=O)CSc1nc2ccccc2c(=O)n1C1CCCCC1. The van der Waals surface area contributed by atoms with Gasteiger partial charge in [-0.3, -0.25) is 14.2 Å². The number of nitrogens with zero attached hydrogens (tertiary/aromatic N) is 2. The molecule has 1 saturated carbocycles. The second-order valence-corrected chi connectivity index (χ2v) is 7.20. The predicted molar refractivity (Wildman–Crippen MR) is 102 cm³/mol. The zero-order valence-electron chi connectivity index (χ0n) is 14.2. The third-order valence-corrected chi connectivity index (χ3v) is 5.44. The number of carbonyl (C=O) groups is 1. The third-order valence-electron chi connectivity index (χ3n) is 4.49. The number of fused-ring (bicyclic) bond motifs is 1. The van der Waals surface area contributed by atoms with Crippen LogP contribution in [-0.2, 0) is 4.79 Å². The van der Waals surface area contributed by atoms with Gasteiger partial charge in [-0.15, -0.1) is 6.58 Å². The Hall–Kier alpha value is -2.08. The third kappa shape index (κ3) is 4.12. The summed E-state index contributed by atoms with van der Waals surface area (Å²) >= 11 is 1.33. The van der Waals surface area contributed by atoms with Gasteiger partial charge in [-0.25, -0.2) is 4.98 Å². The van der Waals surface area contributed by atoms with E-state index in [4.69, 9.17) is 0 Å². The Balaban J connectivity index is 1.95. The molecular formula is C19H23N3O2S. The van der Waals surface area contributed by atoms with E-state index in [1.54, 1.807) is 6.08 Å². The molecule has 0 bridgehead atoms. The number of hydrogen-bond acceptors (Lipinski definition) is 4. The van der Waals surface area contributed by atoms with E-state index in [0.29, 0.717) is 22.6 Å². The normalized spacial score (nSPS) is 15.2. The number of nitrogens with one attached hydrogen (secondary N) is 1. The van der Waals surface area contributed by atoms with Crippen molar-refractivity contribution in [2.45, 2.75) is 43.3 Å². The lowest BCUT2D eigenvalue weighted by Gasteiger charge is -2.26. The highest BCUT2D eigenvalue weighted by molar-refractivity contribution is 7.99. The second kappa shape index (κ2) is 8.34. The summed E-state index contributed by atoms with van der Waals surface area (Å²) < 4.78 is 1.83. The average molecular weight is 357 g/mol. The van der Waals surface area contributed by atoms with Crippen LogP contribution in [0.4, 0.5) is 0 Å². The summed E-state index contributed by atoms with van der Waals surface area (Å²) in [7, 11) is 0. The summed E-state index contributed by atoms with van der Waals surface area (Å²) in [6.07, 6.45) is 7.13. The lowest BCUT2D eigenvalue weighted by molar-refractivity contribution is -0.118. The molecular weight excluding hydrogens is 334 g/mol. The largest absolute Gasteiger partial charge is 0.352 e. The number of aromatic nitrogens is 2. The minimum Gasteiger partial charge on any atom is -0.352 e. The van der Waals surface area contributed by atoms with Crippen molar-refractivity contribution in [3.8, 4) is 0 Å². The van der Waals surface area contributed by atoms with Gasteiger partial charge in [0.1, 0.15) is 0 Å². The fourth-order valence-electron chi connectivity index (χ4n) is 3.26. The van der Waals surface area contributed by atoms with Crippen molar-refractivity contribution in [1.29, 1.82) is 0 Å². The molecule has 1 N–H and O–H groups in total. The Morgan fingerprint density at radius 1 is 1.32 bits per heavy atom. The van der Waals surface area contributed by atoms with E-state index in [9.17, 15) is 9.59 Å². The molecule has 1 aliphatic rings. The maximum absolute atomic E-state index is 13.1. The van der Waals surface area contributed by atoms with Gasteiger partial charge in [0, 0.05) is 12.6 Å². The van der Waals surface area contributed by atoms with Crippen LogP contribution in [-0.4, -0.2) is 27.8 Å². The van der Waals surface area contributed by atoms with E-state index < -0.39 is 0 Å². The Morgan fingerprint density at radius 2 is 2.08 bits per heavy atom. The van der Waals surface area contributed by atoms with Crippen molar-refractivity contribution in [3.63, 3.8) is 0 Å². The topological polar surface area (TPSA) is 64.0 Å². The number of para-hydroxylation sites is 1. The van der Waals surface area contributed by atoms with Gasteiger partial charge in [-0.05, 0) is 25.0 Å². The van der Waals surface area contributed by atoms with E-state index in [-0.39, 0.29) is 23.3 Å². The molecule has 6 heteroatoms. The fourth-order valence-corrected chi connectivity index (χ4v) is 4.15. The standard InChI is InChI=1S/C19H23N3O2S/c1-2-12-20-17(23)13-25-19-21-16-11-7-6-10-15(16)18(24)22(19)14-8-4-3-5-9-14/h2,6-7,10-11,14H,1,3-5,8-9,12-13H2,(H,20,23). The monoisotopic (exact) mass is 357 g/mol. The molecule has 1 aromatic carbocycles. The molecule has 0 spiro atoms. The molecule has 0 atom stereocenters. The van der Waals surface area contributed by atoms with E-state index >= 15 is 0 Å². The summed E-state index contributed by atoms with van der Waals surface area (Å²) in [5, 5.41) is 4.05. The van der Waals surface area contributed by atoms with Crippen LogP contribution in [0.25, 0.3) is 10.9 Å². The van der Waals surface area contributed by atoms with Crippen LogP contribution in [0.1, 0.15) is 38.1 Å². The highest BCUT2D eigenvalue weighted by Gasteiger charge is 2.22. The molecule has 25 heavy (non-hydrogen) atoms. The van der Waals surface area contributed by atoms with Gasteiger partial charge in [0.05, 0.1) is 16.7 Å². The first kappa shape index (κ1) is 17.7. The van der Waals surface area contributed by atoms with Crippen LogP contribution in [0.15, 0.2) is 46.9 Å². The van der Waals surface area contributed by atoms with Crippen LogP contribution in [0, 0.1) is 0 Å². The van der Waals surface area contributed by atoms with Gasteiger partial charge in [0.25, 0.3) is 5.56 Å². The first-order valence-electron chi connectivity index (χ1n) is 8.72.